The third kappa shape index (κ3) is 5.76. The second-order valence-electron chi connectivity index (χ2n) is 6.38. The van der Waals surface area contributed by atoms with E-state index in [1.54, 1.807) is 18.2 Å². The van der Waals surface area contributed by atoms with E-state index >= 15 is 0 Å². The fourth-order valence-corrected chi connectivity index (χ4v) is 3.83. The van der Waals surface area contributed by atoms with Crippen molar-refractivity contribution in [1.29, 1.82) is 0 Å². The molecule has 0 bridgehead atoms. The van der Waals surface area contributed by atoms with Gasteiger partial charge in [-0.25, -0.2) is 4.79 Å². The number of unbranched alkanes of at least 4 members (excludes halogenated alkanes) is 1. The molecule has 1 heterocycles. The predicted molar refractivity (Wildman–Crippen MR) is 101 cm³/mol. The Balaban J connectivity index is 2.00. The van der Waals surface area contributed by atoms with Gasteiger partial charge in [-0.3, -0.25) is 9.59 Å². The Hall–Kier alpha value is -2.02. The van der Waals surface area contributed by atoms with Gasteiger partial charge in [0, 0.05) is 18.0 Å². The fourth-order valence-electron chi connectivity index (χ4n) is 2.88. The van der Waals surface area contributed by atoms with Crippen LogP contribution >= 0.6 is 11.8 Å². The number of benzene rings is 1. The summed E-state index contributed by atoms with van der Waals surface area (Å²) in [4.78, 5) is 38.7. The fraction of sp³-hybridized carbons (Fsp3) is 0.526. The average Bonchev–Trinajstić information content (AvgIpc) is 3.17. The lowest BCUT2D eigenvalue weighted by atomic mass is 10.1. The van der Waals surface area contributed by atoms with Crippen molar-refractivity contribution in [2.75, 3.05) is 18.8 Å². The van der Waals surface area contributed by atoms with E-state index in [1.165, 1.54) is 11.8 Å². The predicted octanol–water partition coefficient (Wildman–Crippen LogP) is 2.77. The van der Waals surface area contributed by atoms with Crippen LogP contribution in [0, 0.1) is 0 Å². The zero-order chi connectivity index (χ0) is 18.9. The molecule has 2 rings (SSSR count). The third-order valence-electron chi connectivity index (χ3n) is 4.39. The number of carboxylic acid groups (broad SMARTS) is 1. The largest absolute Gasteiger partial charge is 0.480 e. The highest BCUT2D eigenvalue weighted by molar-refractivity contribution is 8.00. The standard InChI is InChI=1S/C19H26N2O4S/c1-2-3-9-15(19(24)25)20-18(23)14-8-4-5-10-16(14)26-13-17(22)21-11-6-7-12-21/h4-5,8,10,15H,2-3,6-7,9,11-13H2,1H3,(H,20,23)(H,24,25)/t15-/m0/s1. The van der Waals surface area contributed by atoms with Crippen molar-refractivity contribution < 1.29 is 19.5 Å². The van der Waals surface area contributed by atoms with E-state index < -0.39 is 17.9 Å². The number of amides is 2. The summed E-state index contributed by atoms with van der Waals surface area (Å²) < 4.78 is 0. The quantitative estimate of drug-likeness (QED) is 0.645. The number of carbonyl (C=O) groups is 3. The summed E-state index contributed by atoms with van der Waals surface area (Å²) in [5.41, 5.74) is 0.412. The summed E-state index contributed by atoms with van der Waals surface area (Å²) in [6.45, 7) is 3.59. The van der Waals surface area contributed by atoms with Crippen molar-refractivity contribution >= 4 is 29.5 Å². The van der Waals surface area contributed by atoms with Crippen molar-refractivity contribution in [2.24, 2.45) is 0 Å². The number of nitrogens with zero attached hydrogens (tertiary/aromatic N) is 1. The van der Waals surface area contributed by atoms with E-state index in [0.29, 0.717) is 16.9 Å². The molecule has 1 saturated heterocycles. The maximum atomic E-state index is 12.6. The summed E-state index contributed by atoms with van der Waals surface area (Å²) in [6.07, 6.45) is 4.09. The van der Waals surface area contributed by atoms with Crippen LogP contribution in [0.1, 0.15) is 49.4 Å². The molecule has 142 valence electrons. The maximum Gasteiger partial charge on any atom is 0.326 e. The second-order valence-corrected chi connectivity index (χ2v) is 7.40. The molecule has 1 aromatic carbocycles. The van der Waals surface area contributed by atoms with Crippen LogP contribution in [0.4, 0.5) is 0 Å². The smallest absolute Gasteiger partial charge is 0.326 e. The zero-order valence-electron chi connectivity index (χ0n) is 15.1. The van der Waals surface area contributed by atoms with Gasteiger partial charge in [-0.2, -0.15) is 0 Å². The van der Waals surface area contributed by atoms with Crippen molar-refractivity contribution in [2.45, 2.75) is 50.0 Å². The van der Waals surface area contributed by atoms with E-state index in [9.17, 15) is 19.5 Å². The van der Waals surface area contributed by atoms with Gasteiger partial charge in [-0.15, -0.1) is 11.8 Å². The van der Waals surface area contributed by atoms with Gasteiger partial charge in [-0.05, 0) is 31.4 Å². The monoisotopic (exact) mass is 378 g/mol. The Morgan fingerprint density at radius 2 is 1.92 bits per heavy atom. The lowest BCUT2D eigenvalue weighted by Crippen LogP contribution is -2.40. The summed E-state index contributed by atoms with van der Waals surface area (Å²) in [5, 5.41) is 11.9. The molecule has 1 atom stereocenters. The van der Waals surface area contributed by atoms with Crippen LogP contribution in [-0.4, -0.2) is 52.7 Å². The Labute approximate surface area is 158 Å². The molecule has 0 aromatic heterocycles. The van der Waals surface area contributed by atoms with E-state index in [1.807, 2.05) is 17.9 Å². The molecule has 0 unspecified atom stereocenters. The number of nitrogens with one attached hydrogen (secondary N) is 1. The zero-order valence-corrected chi connectivity index (χ0v) is 15.9. The van der Waals surface area contributed by atoms with Crippen LogP contribution in [0.3, 0.4) is 0 Å². The number of carboxylic acids is 1. The van der Waals surface area contributed by atoms with Crippen LogP contribution in [-0.2, 0) is 9.59 Å². The van der Waals surface area contributed by atoms with Gasteiger partial charge in [0.15, 0.2) is 0 Å². The lowest BCUT2D eigenvalue weighted by molar-refractivity contribution is -0.139. The van der Waals surface area contributed by atoms with Crippen molar-refractivity contribution in [3.8, 4) is 0 Å². The van der Waals surface area contributed by atoms with Gasteiger partial charge in [0.1, 0.15) is 6.04 Å². The summed E-state index contributed by atoms with van der Waals surface area (Å²) in [5.74, 6) is -1.08. The molecular formula is C19H26N2O4S. The van der Waals surface area contributed by atoms with Crippen LogP contribution in [0.5, 0.6) is 0 Å². The molecule has 6 nitrogen and oxygen atoms in total. The van der Waals surface area contributed by atoms with Gasteiger partial charge in [0.05, 0.1) is 11.3 Å². The highest BCUT2D eigenvalue weighted by Crippen LogP contribution is 2.24. The summed E-state index contributed by atoms with van der Waals surface area (Å²) in [6, 6.07) is 6.11. The Bertz CT molecular complexity index is 644. The molecule has 1 aromatic rings. The van der Waals surface area contributed by atoms with Crippen molar-refractivity contribution in [3.05, 3.63) is 29.8 Å². The summed E-state index contributed by atoms with van der Waals surface area (Å²) >= 11 is 1.32. The Morgan fingerprint density at radius 1 is 1.23 bits per heavy atom. The first-order valence-electron chi connectivity index (χ1n) is 9.06. The van der Waals surface area contributed by atoms with Crippen LogP contribution < -0.4 is 5.32 Å². The van der Waals surface area contributed by atoms with Crippen molar-refractivity contribution in [3.63, 3.8) is 0 Å². The number of hydrogen-bond donors (Lipinski definition) is 2. The molecule has 1 fully saturated rings. The number of carbonyl (C=O) groups excluding carboxylic acids is 2. The molecule has 0 aliphatic carbocycles. The maximum absolute atomic E-state index is 12.6. The molecule has 1 aliphatic heterocycles. The Kier molecular flexibility index (Phi) is 7.97. The minimum absolute atomic E-state index is 0.0778. The van der Waals surface area contributed by atoms with Crippen LogP contribution in [0.25, 0.3) is 0 Å². The molecule has 1 aliphatic rings. The van der Waals surface area contributed by atoms with E-state index in [0.717, 1.165) is 38.8 Å². The molecule has 7 heteroatoms. The van der Waals surface area contributed by atoms with Gasteiger partial charge < -0.3 is 15.3 Å². The first-order chi connectivity index (χ1) is 12.5. The SMILES string of the molecule is CCCC[C@H](NC(=O)c1ccccc1SCC(=O)N1CCCC1)C(=O)O. The molecule has 0 spiro atoms. The summed E-state index contributed by atoms with van der Waals surface area (Å²) in [7, 11) is 0. The normalized spacial score (nSPS) is 14.9. The Morgan fingerprint density at radius 3 is 2.58 bits per heavy atom. The number of likely N-dealkylation sites (tertiary alicyclic amines) is 1. The van der Waals surface area contributed by atoms with E-state index in [4.69, 9.17) is 0 Å². The van der Waals surface area contributed by atoms with E-state index in [-0.39, 0.29) is 11.7 Å². The molecular weight excluding hydrogens is 352 g/mol. The highest BCUT2D eigenvalue weighted by atomic mass is 32.2. The number of thioether (sulfide) groups is 1. The molecule has 26 heavy (non-hydrogen) atoms. The third-order valence-corrected chi connectivity index (χ3v) is 5.45. The average molecular weight is 378 g/mol. The molecule has 0 radical (unpaired) electrons. The minimum atomic E-state index is -1.03. The van der Waals surface area contributed by atoms with Gasteiger partial charge in [-0.1, -0.05) is 31.9 Å². The first kappa shape index (κ1) is 20.3. The van der Waals surface area contributed by atoms with Gasteiger partial charge >= 0.3 is 5.97 Å². The van der Waals surface area contributed by atoms with Gasteiger partial charge in [0.2, 0.25) is 5.91 Å². The lowest BCUT2D eigenvalue weighted by Gasteiger charge is -2.17. The minimum Gasteiger partial charge on any atom is -0.480 e. The second kappa shape index (κ2) is 10.2. The number of rotatable bonds is 9. The first-order valence-corrected chi connectivity index (χ1v) is 10.0. The van der Waals surface area contributed by atoms with Gasteiger partial charge in [0.25, 0.3) is 5.91 Å². The molecule has 2 amide bonds. The van der Waals surface area contributed by atoms with Crippen LogP contribution in [0.2, 0.25) is 0 Å². The number of hydrogen-bond acceptors (Lipinski definition) is 4. The van der Waals surface area contributed by atoms with Crippen LogP contribution in [0.15, 0.2) is 29.2 Å². The van der Waals surface area contributed by atoms with Crippen molar-refractivity contribution in [1.82, 2.24) is 10.2 Å². The highest BCUT2D eigenvalue weighted by Gasteiger charge is 2.22. The molecule has 2 N–H and O–H groups in total. The number of aliphatic carboxylic acids is 1. The topological polar surface area (TPSA) is 86.7 Å². The molecule has 0 saturated carbocycles. The van der Waals surface area contributed by atoms with E-state index in [2.05, 4.69) is 5.32 Å².